The van der Waals surface area contributed by atoms with Crippen LogP contribution in [0.2, 0.25) is 0 Å². The summed E-state index contributed by atoms with van der Waals surface area (Å²) in [6.45, 7) is 20.6. The topological polar surface area (TPSA) is 173 Å². The summed E-state index contributed by atoms with van der Waals surface area (Å²) >= 11 is 4.65. The number of carbonyl (C=O) groups excluding carboxylic acids is 4. The minimum absolute atomic E-state index is 0.0245. The third kappa shape index (κ3) is 21.6. The molecule has 4 amide bonds. The van der Waals surface area contributed by atoms with Gasteiger partial charge in [-0.25, -0.2) is 34.0 Å². The highest BCUT2D eigenvalue weighted by Gasteiger charge is 2.35. The van der Waals surface area contributed by atoms with Crippen LogP contribution >= 0.6 is 27.3 Å². The Morgan fingerprint density at radius 1 is 0.774 bits per heavy atom. The first kappa shape index (κ1) is 47.3. The number of alkyl halides is 1. The molecule has 0 radical (unpaired) electrons. The van der Waals surface area contributed by atoms with Crippen molar-refractivity contribution in [1.82, 2.24) is 20.1 Å². The molecule has 0 saturated carbocycles. The van der Waals surface area contributed by atoms with Gasteiger partial charge < -0.3 is 18.9 Å². The first-order valence-corrected chi connectivity index (χ1v) is 19.7. The zero-order valence-corrected chi connectivity index (χ0v) is 35.9. The smallest absolute Gasteiger partial charge is 0.437 e. The molecule has 2 N–H and O–H groups in total. The number of nitrogens with one attached hydrogen (secondary N) is 2. The highest BCUT2D eigenvalue weighted by atomic mass is 79.9. The number of thiazole rings is 1. The summed E-state index contributed by atoms with van der Waals surface area (Å²) in [5, 5.41) is 13.4. The molecule has 1 rings (SSSR count). The summed E-state index contributed by atoms with van der Waals surface area (Å²) < 4.78 is 22.2. The van der Waals surface area contributed by atoms with Gasteiger partial charge in [-0.2, -0.15) is 0 Å². The Morgan fingerprint density at radius 3 is 1.77 bits per heavy atom. The summed E-state index contributed by atoms with van der Waals surface area (Å²) in [6, 6.07) is 0. The Hall–Kier alpha value is -3.71. The van der Waals surface area contributed by atoms with E-state index in [4.69, 9.17) is 24.4 Å². The van der Waals surface area contributed by atoms with E-state index in [-0.39, 0.29) is 37.0 Å². The molecule has 53 heavy (non-hydrogen) atoms. The van der Waals surface area contributed by atoms with Crippen LogP contribution in [-0.4, -0.2) is 91.8 Å². The lowest BCUT2D eigenvalue weighted by atomic mass is 10.1. The predicted octanol–water partition coefficient (Wildman–Crippen LogP) is 9.24. The molecule has 0 aliphatic heterocycles. The van der Waals surface area contributed by atoms with Gasteiger partial charge in [-0.15, -0.1) is 16.3 Å². The van der Waals surface area contributed by atoms with Crippen molar-refractivity contribution in [3.05, 3.63) is 16.1 Å². The van der Waals surface area contributed by atoms with Crippen LogP contribution in [0.25, 0.3) is 0 Å². The number of alkyl carbamates (subject to hydrolysis) is 1. The molecule has 298 valence electrons. The van der Waals surface area contributed by atoms with Gasteiger partial charge in [0.2, 0.25) is 5.96 Å². The third-order valence-electron chi connectivity index (χ3n) is 6.08. The lowest BCUT2D eigenvalue weighted by Gasteiger charge is -2.34. The van der Waals surface area contributed by atoms with Crippen LogP contribution < -0.4 is 5.32 Å². The number of amidine groups is 1. The monoisotopic (exact) mass is 826 g/mol. The van der Waals surface area contributed by atoms with Gasteiger partial charge in [-0.3, -0.25) is 10.7 Å². The van der Waals surface area contributed by atoms with E-state index in [0.29, 0.717) is 17.8 Å². The second kappa shape index (κ2) is 21.2. The maximum absolute atomic E-state index is 13.8. The average Bonchev–Trinajstić information content (AvgIpc) is 3.43. The number of amides is 4. The first-order chi connectivity index (χ1) is 24.3. The fourth-order valence-corrected chi connectivity index (χ4v) is 5.16. The van der Waals surface area contributed by atoms with Crippen LogP contribution in [0.3, 0.4) is 0 Å². The molecular formula is C37H59BrN6O8S. The Morgan fingerprint density at radius 2 is 1.26 bits per heavy atom. The summed E-state index contributed by atoms with van der Waals surface area (Å²) in [7, 11) is 0. The largest absolute Gasteiger partial charge is 0.444 e. The third-order valence-corrected chi connectivity index (χ3v) is 7.39. The molecule has 0 unspecified atom stereocenters. The highest BCUT2D eigenvalue weighted by molar-refractivity contribution is 9.09. The predicted molar refractivity (Wildman–Crippen MR) is 211 cm³/mol. The van der Waals surface area contributed by atoms with Crippen LogP contribution in [0, 0.1) is 17.3 Å². The van der Waals surface area contributed by atoms with Crippen molar-refractivity contribution in [2.45, 2.75) is 150 Å². The highest BCUT2D eigenvalue weighted by Crippen LogP contribution is 2.19. The first-order valence-electron chi connectivity index (χ1n) is 17.7. The molecule has 1 aromatic rings. The molecule has 1 heterocycles. The maximum atomic E-state index is 13.8. The summed E-state index contributed by atoms with van der Waals surface area (Å²) in [6.07, 6.45) is 1.55. The second-order valence-electron chi connectivity index (χ2n) is 16.1. The number of hydrogen-bond acceptors (Lipinski definition) is 11. The van der Waals surface area contributed by atoms with Gasteiger partial charge in [0, 0.05) is 30.2 Å². The maximum Gasteiger partial charge on any atom is 0.437 e. The van der Waals surface area contributed by atoms with Crippen LogP contribution in [0.1, 0.15) is 139 Å². The Labute approximate surface area is 327 Å². The zero-order valence-electron chi connectivity index (χ0n) is 33.5. The minimum atomic E-state index is -0.988. The Balaban J connectivity index is 3.43. The van der Waals surface area contributed by atoms with E-state index in [2.05, 4.69) is 43.1 Å². The number of guanidine groups is 1. The van der Waals surface area contributed by atoms with E-state index in [1.54, 1.807) is 88.5 Å². The van der Waals surface area contributed by atoms with Gasteiger partial charge in [0.25, 0.3) is 0 Å². The molecule has 0 aromatic carbocycles. The van der Waals surface area contributed by atoms with E-state index in [1.807, 2.05) is 0 Å². The van der Waals surface area contributed by atoms with Crippen LogP contribution in [0.5, 0.6) is 0 Å². The van der Waals surface area contributed by atoms with Crippen LogP contribution in [0.4, 0.5) is 19.2 Å². The van der Waals surface area contributed by atoms with Crippen molar-refractivity contribution >= 4 is 63.4 Å². The molecule has 0 saturated heterocycles. The van der Waals surface area contributed by atoms with Crippen molar-refractivity contribution in [1.29, 1.82) is 5.41 Å². The number of rotatable bonds is 11. The molecule has 0 aliphatic carbocycles. The number of halogens is 1. The molecule has 0 aliphatic rings. The van der Waals surface area contributed by atoms with Gasteiger partial charge in [0.15, 0.2) is 10.8 Å². The van der Waals surface area contributed by atoms with E-state index >= 15 is 0 Å². The number of unbranched alkanes of at least 4 members (excludes halogenated alkanes) is 5. The minimum Gasteiger partial charge on any atom is -0.444 e. The van der Waals surface area contributed by atoms with Crippen molar-refractivity contribution in [3.8, 4) is 11.8 Å². The summed E-state index contributed by atoms with van der Waals surface area (Å²) in [5.74, 6) is 5.48. The van der Waals surface area contributed by atoms with Gasteiger partial charge in [0.05, 0.1) is 0 Å². The number of nitrogens with zero attached hydrogens (tertiary/aromatic N) is 4. The number of carbonyl (C=O) groups is 4. The molecule has 0 bridgehead atoms. The molecule has 0 atom stereocenters. The number of aliphatic imine (C=N–C) groups is 1. The SMILES string of the molecule is CC(C)(C)OC(=O)/N=C(\N(CCCC#Cc1nc(C(=N)NC(=O)OC(C)(C)C)cs1)C(=O)OC(C)(C)C)N(CCCCCCCBr)C(=O)OC(C)(C)C. The van der Waals surface area contributed by atoms with E-state index in [1.165, 1.54) is 16.2 Å². The average molecular weight is 828 g/mol. The number of hydrogen-bond donors (Lipinski definition) is 2. The lowest BCUT2D eigenvalue weighted by Crippen LogP contribution is -2.53. The summed E-state index contributed by atoms with van der Waals surface area (Å²) in [4.78, 5) is 63.7. The lowest BCUT2D eigenvalue weighted by molar-refractivity contribution is 0.0272. The normalized spacial score (nSPS) is 12.2. The van der Waals surface area contributed by atoms with E-state index < -0.39 is 46.8 Å². The number of aromatic nitrogens is 1. The van der Waals surface area contributed by atoms with Gasteiger partial charge in [-0.05, 0) is 108 Å². The summed E-state index contributed by atoms with van der Waals surface area (Å²) in [5.41, 5.74) is -3.17. The molecule has 1 aromatic heterocycles. The van der Waals surface area contributed by atoms with Gasteiger partial charge >= 0.3 is 24.4 Å². The van der Waals surface area contributed by atoms with Crippen molar-refractivity contribution in [2.75, 3.05) is 18.4 Å². The van der Waals surface area contributed by atoms with Crippen LogP contribution in [-0.2, 0) is 18.9 Å². The quantitative estimate of drug-likeness (QED) is 0.0551. The van der Waals surface area contributed by atoms with Gasteiger partial charge in [0.1, 0.15) is 28.1 Å². The van der Waals surface area contributed by atoms with Crippen LogP contribution in [0.15, 0.2) is 10.4 Å². The molecule has 0 spiro atoms. The van der Waals surface area contributed by atoms with Gasteiger partial charge in [-0.1, -0.05) is 41.1 Å². The standard InChI is InChI=1S/C37H59BrN6O8S/c1-34(2,3)49-30(45)41-28(39)26-25-53-27(40-26)21-17-16-20-24-44(33(48)52-37(10,11)12)29(42-31(46)50-35(4,5)6)43(32(47)51-36(7,8)9)23-19-15-13-14-18-22-38/h25H,13-16,18-20,22-24H2,1-12H3,(H2,39,41,45)/b42-29-. The Bertz CT molecular complexity index is 1490. The number of ether oxygens (including phenoxy) is 4. The fourth-order valence-electron chi connectivity index (χ4n) is 4.09. The Kier molecular flexibility index (Phi) is 19.0. The fraction of sp³-hybridized carbons (Fsp3) is 0.703. The second-order valence-corrected chi connectivity index (χ2v) is 17.7. The van der Waals surface area contributed by atoms with E-state index in [0.717, 1.165) is 35.9 Å². The zero-order chi connectivity index (χ0) is 40.6. The molecular weight excluding hydrogens is 768 g/mol. The van der Waals surface area contributed by atoms with E-state index in [9.17, 15) is 19.2 Å². The molecule has 16 heteroatoms. The van der Waals surface area contributed by atoms with Crippen molar-refractivity contribution < 1.29 is 38.1 Å². The molecule has 0 fully saturated rings. The van der Waals surface area contributed by atoms with Crippen molar-refractivity contribution in [2.24, 2.45) is 4.99 Å². The molecule has 14 nitrogen and oxygen atoms in total. The van der Waals surface area contributed by atoms with Crippen molar-refractivity contribution in [3.63, 3.8) is 0 Å².